The minimum Gasteiger partial charge on any atom is -0.495 e. The zero-order valence-corrected chi connectivity index (χ0v) is 13.6. The second kappa shape index (κ2) is 8.21. The van der Waals surface area contributed by atoms with Crippen LogP contribution in [0.25, 0.3) is 0 Å². The van der Waals surface area contributed by atoms with Gasteiger partial charge in [0.25, 0.3) is 0 Å². The molecule has 0 atom stereocenters. The lowest BCUT2D eigenvalue weighted by atomic mass is 10.1. The molecule has 0 fully saturated rings. The van der Waals surface area contributed by atoms with Gasteiger partial charge in [0.2, 0.25) is 10.0 Å². The molecule has 0 bridgehead atoms. The maximum atomic E-state index is 12.2. The number of hydrogen-bond donors (Lipinski definition) is 2. The van der Waals surface area contributed by atoms with Gasteiger partial charge in [-0.25, -0.2) is 13.1 Å². The highest BCUT2D eigenvalue weighted by molar-refractivity contribution is 7.89. The van der Waals surface area contributed by atoms with E-state index >= 15 is 0 Å². The van der Waals surface area contributed by atoms with Crippen molar-refractivity contribution in [3.63, 3.8) is 0 Å². The number of rotatable bonds is 9. The quantitative estimate of drug-likeness (QED) is 0.533. The molecule has 0 saturated heterocycles. The van der Waals surface area contributed by atoms with E-state index < -0.39 is 10.0 Å². The van der Waals surface area contributed by atoms with Crippen LogP contribution in [-0.4, -0.2) is 35.3 Å². The second-order valence-electron chi connectivity index (χ2n) is 5.10. The molecule has 1 rings (SSSR count). The van der Waals surface area contributed by atoms with Crippen molar-refractivity contribution in [2.45, 2.75) is 25.2 Å². The van der Waals surface area contributed by atoms with Crippen molar-refractivity contribution in [3.8, 4) is 5.75 Å². The van der Waals surface area contributed by atoms with Gasteiger partial charge in [-0.15, -0.1) is 0 Å². The molecule has 0 aliphatic rings. The Balaban J connectivity index is 2.56. The largest absolute Gasteiger partial charge is 0.495 e. The Hall–Kier alpha value is -1.31. The van der Waals surface area contributed by atoms with Crippen LogP contribution in [0, 0.1) is 5.92 Å². The predicted octanol–water partition coefficient (Wildman–Crippen LogP) is 1.62. The third kappa shape index (κ3) is 5.91. The van der Waals surface area contributed by atoms with Crippen LogP contribution in [0.5, 0.6) is 5.75 Å². The van der Waals surface area contributed by atoms with Crippen molar-refractivity contribution >= 4 is 15.7 Å². The van der Waals surface area contributed by atoms with E-state index in [0.29, 0.717) is 24.8 Å². The van der Waals surface area contributed by atoms with Gasteiger partial charge in [0.05, 0.1) is 13.7 Å². The summed E-state index contributed by atoms with van der Waals surface area (Å²) in [6.45, 7) is 5.38. The summed E-state index contributed by atoms with van der Waals surface area (Å²) in [5, 5.41) is 0. The van der Waals surface area contributed by atoms with E-state index in [4.69, 9.17) is 15.2 Å². The lowest BCUT2D eigenvalue weighted by Crippen LogP contribution is -2.28. The fraction of sp³-hybridized carbons (Fsp3) is 0.571. The molecule has 1 aromatic rings. The highest BCUT2D eigenvalue weighted by Gasteiger charge is 2.19. The summed E-state index contributed by atoms with van der Waals surface area (Å²) in [6, 6.07) is 4.50. The number of sulfonamides is 1. The van der Waals surface area contributed by atoms with E-state index in [2.05, 4.69) is 18.6 Å². The molecule has 0 amide bonds. The maximum Gasteiger partial charge on any atom is 0.244 e. The van der Waals surface area contributed by atoms with Crippen LogP contribution in [-0.2, 0) is 14.8 Å². The number of nitrogen functional groups attached to an aromatic ring is 1. The molecule has 7 heteroatoms. The van der Waals surface area contributed by atoms with Gasteiger partial charge in [-0.05, 0) is 30.5 Å². The first-order chi connectivity index (χ1) is 9.86. The van der Waals surface area contributed by atoms with Crippen LogP contribution in [0.15, 0.2) is 23.1 Å². The SMILES string of the molecule is COc1ccc(N)cc1S(=O)(=O)NCCOCCC(C)C. The molecule has 6 nitrogen and oxygen atoms in total. The van der Waals surface area contributed by atoms with Crippen molar-refractivity contribution in [1.29, 1.82) is 0 Å². The van der Waals surface area contributed by atoms with Gasteiger partial charge < -0.3 is 15.2 Å². The van der Waals surface area contributed by atoms with Crippen molar-refractivity contribution < 1.29 is 17.9 Å². The minimum absolute atomic E-state index is 0.0344. The van der Waals surface area contributed by atoms with Gasteiger partial charge >= 0.3 is 0 Å². The number of benzene rings is 1. The van der Waals surface area contributed by atoms with Crippen LogP contribution in [0.3, 0.4) is 0 Å². The molecule has 0 heterocycles. The number of anilines is 1. The van der Waals surface area contributed by atoms with Crippen LogP contribution in [0.4, 0.5) is 5.69 Å². The first-order valence-corrected chi connectivity index (χ1v) is 8.36. The van der Waals surface area contributed by atoms with E-state index in [9.17, 15) is 8.42 Å². The summed E-state index contributed by atoms with van der Waals surface area (Å²) in [5.74, 6) is 0.829. The molecule has 1 aromatic carbocycles. The molecular weight excluding hydrogens is 292 g/mol. The molecule has 0 aliphatic carbocycles. The fourth-order valence-electron chi connectivity index (χ4n) is 1.65. The lowest BCUT2D eigenvalue weighted by molar-refractivity contribution is 0.128. The fourth-order valence-corrected chi connectivity index (χ4v) is 2.87. The van der Waals surface area contributed by atoms with Gasteiger partial charge in [0.15, 0.2) is 0 Å². The Bertz CT molecular complexity index is 544. The number of nitrogens with two attached hydrogens (primary N) is 1. The van der Waals surface area contributed by atoms with E-state index in [1.165, 1.54) is 19.2 Å². The molecule has 3 N–H and O–H groups in total. The van der Waals surface area contributed by atoms with Crippen molar-refractivity contribution in [3.05, 3.63) is 18.2 Å². The summed E-state index contributed by atoms with van der Waals surface area (Å²) in [6.07, 6.45) is 0.954. The predicted molar refractivity (Wildman–Crippen MR) is 82.9 cm³/mol. The molecule has 21 heavy (non-hydrogen) atoms. The smallest absolute Gasteiger partial charge is 0.244 e. The summed E-state index contributed by atoms with van der Waals surface area (Å²) in [7, 11) is -2.25. The lowest BCUT2D eigenvalue weighted by Gasteiger charge is -2.12. The molecule has 0 aliphatic heterocycles. The van der Waals surface area contributed by atoms with Crippen molar-refractivity contribution in [2.24, 2.45) is 5.92 Å². The molecular formula is C14H24N2O4S. The average molecular weight is 316 g/mol. The second-order valence-corrected chi connectivity index (χ2v) is 6.84. The Labute approximate surface area is 126 Å². The third-order valence-corrected chi connectivity index (χ3v) is 4.34. The summed E-state index contributed by atoms with van der Waals surface area (Å²) in [4.78, 5) is 0.0344. The first kappa shape index (κ1) is 17.7. The topological polar surface area (TPSA) is 90.7 Å². The highest BCUT2D eigenvalue weighted by Crippen LogP contribution is 2.25. The zero-order valence-electron chi connectivity index (χ0n) is 12.8. The van der Waals surface area contributed by atoms with Gasteiger partial charge in [-0.3, -0.25) is 0 Å². The third-order valence-electron chi connectivity index (χ3n) is 2.86. The molecule has 0 unspecified atom stereocenters. The molecule has 0 radical (unpaired) electrons. The van der Waals surface area contributed by atoms with E-state index in [1.54, 1.807) is 6.07 Å². The maximum absolute atomic E-state index is 12.2. The van der Waals surface area contributed by atoms with Gasteiger partial charge in [-0.1, -0.05) is 13.8 Å². The Kier molecular flexibility index (Phi) is 6.94. The van der Waals surface area contributed by atoms with Crippen molar-refractivity contribution in [2.75, 3.05) is 32.6 Å². The standard InChI is InChI=1S/C14H24N2O4S/c1-11(2)6-8-20-9-7-16-21(17,18)14-10-12(15)4-5-13(14)19-3/h4-5,10-11,16H,6-9,15H2,1-3H3. The number of nitrogens with one attached hydrogen (secondary N) is 1. The molecule has 120 valence electrons. The average Bonchev–Trinajstić information content (AvgIpc) is 2.42. The first-order valence-electron chi connectivity index (χ1n) is 6.87. The van der Waals surface area contributed by atoms with E-state index in [-0.39, 0.29) is 17.2 Å². The van der Waals surface area contributed by atoms with Gasteiger partial charge in [0, 0.05) is 18.8 Å². The molecule has 0 spiro atoms. The Morgan fingerprint density at radius 2 is 2.00 bits per heavy atom. The van der Waals surface area contributed by atoms with Crippen LogP contribution >= 0.6 is 0 Å². The van der Waals surface area contributed by atoms with E-state index in [0.717, 1.165) is 6.42 Å². The number of hydrogen-bond acceptors (Lipinski definition) is 5. The molecule has 0 aromatic heterocycles. The summed E-state index contributed by atoms with van der Waals surface area (Å²) >= 11 is 0. The normalized spacial score (nSPS) is 11.8. The number of methoxy groups -OCH3 is 1. The van der Waals surface area contributed by atoms with E-state index in [1.807, 2.05) is 0 Å². The zero-order chi connectivity index (χ0) is 15.9. The van der Waals surface area contributed by atoms with Gasteiger partial charge in [0.1, 0.15) is 10.6 Å². The monoisotopic (exact) mass is 316 g/mol. The Morgan fingerprint density at radius 3 is 2.62 bits per heavy atom. The summed E-state index contributed by atoms with van der Waals surface area (Å²) < 4.78 is 37.3. The van der Waals surface area contributed by atoms with Crippen LogP contribution in [0.1, 0.15) is 20.3 Å². The van der Waals surface area contributed by atoms with Gasteiger partial charge in [-0.2, -0.15) is 0 Å². The van der Waals surface area contributed by atoms with Crippen LogP contribution in [0.2, 0.25) is 0 Å². The Morgan fingerprint density at radius 1 is 1.29 bits per heavy atom. The molecule has 0 saturated carbocycles. The number of ether oxygens (including phenoxy) is 2. The summed E-state index contributed by atoms with van der Waals surface area (Å²) in [5.41, 5.74) is 5.99. The highest BCUT2D eigenvalue weighted by atomic mass is 32.2. The van der Waals surface area contributed by atoms with Crippen LogP contribution < -0.4 is 15.2 Å². The minimum atomic E-state index is -3.66. The van der Waals surface area contributed by atoms with Crippen molar-refractivity contribution in [1.82, 2.24) is 4.72 Å².